The van der Waals surface area contributed by atoms with Crippen LogP contribution in [0.5, 0.6) is 5.75 Å². The highest BCUT2D eigenvalue weighted by Crippen LogP contribution is 2.22. The second-order valence-corrected chi connectivity index (χ2v) is 8.69. The number of hydrogen-bond donors (Lipinski definition) is 0. The third-order valence-corrected chi connectivity index (χ3v) is 6.60. The van der Waals surface area contributed by atoms with Gasteiger partial charge in [-0.25, -0.2) is 13.4 Å². The van der Waals surface area contributed by atoms with Gasteiger partial charge in [0.25, 0.3) is 0 Å². The van der Waals surface area contributed by atoms with E-state index in [0.29, 0.717) is 26.2 Å². The van der Waals surface area contributed by atoms with E-state index < -0.39 is 10.0 Å². The Morgan fingerprint density at radius 3 is 2.37 bits per heavy atom. The Morgan fingerprint density at radius 2 is 1.78 bits per heavy atom. The van der Waals surface area contributed by atoms with Gasteiger partial charge >= 0.3 is 0 Å². The van der Waals surface area contributed by atoms with E-state index in [1.165, 1.54) is 6.20 Å². The van der Waals surface area contributed by atoms with Gasteiger partial charge in [0.1, 0.15) is 16.5 Å². The fraction of sp³-hybridized carbons (Fsp3) is 0.450. The van der Waals surface area contributed by atoms with Gasteiger partial charge in [-0.3, -0.25) is 0 Å². The molecule has 1 fully saturated rings. The number of piperidine rings is 1. The zero-order valence-electron chi connectivity index (χ0n) is 16.0. The molecular weight excluding hydrogens is 362 g/mol. The molecule has 0 saturated carbocycles. The highest BCUT2D eigenvalue weighted by molar-refractivity contribution is 7.89. The van der Waals surface area contributed by atoms with Crippen LogP contribution in [-0.4, -0.2) is 44.5 Å². The molecule has 0 atom stereocenters. The highest BCUT2D eigenvalue weighted by Gasteiger charge is 2.26. The van der Waals surface area contributed by atoms with E-state index in [4.69, 9.17) is 4.74 Å². The van der Waals surface area contributed by atoms with Crippen LogP contribution in [-0.2, 0) is 16.6 Å². The molecule has 146 valence electrons. The molecule has 7 heteroatoms. The van der Waals surface area contributed by atoms with Crippen LogP contribution in [0.2, 0.25) is 0 Å². The first-order valence-corrected chi connectivity index (χ1v) is 10.8. The topological polar surface area (TPSA) is 62.7 Å². The maximum Gasteiger partial charge on any atom is 0.244 e. The standard InChI is InChI=1S/C20H27N3O3S/c1-3-26-18-9-7-17(8-10-18)16-22(2)20-12-11-19(15-21-20)27(24,25)23-13-5-4-6-14-23/h7-12,15H,3-6,13-14,16H2,1-2H3. The predicted octanol–water partition coefficient (Wildman–Crippen LogP) is 3.29. The van der Waals surface area contributed by atoms with E-state index >= 15 is 0 Å². The lowest BCUT2D eigenvalue weighted by atomic mass is 10.2. The molecule has 0 spiro atoms. The van der Waals surface area contributed by atoms with Crippen molar-refractivity contribution >= 4 is 15.8 Å². The fourth-order valence-electron chi connectivity index (χ4n) is 3.22. The van der Waals surface area contributed by atoms with Gasteiger partial charge in [-0.15, -0.1) is 0 Å². The molecule has 1 aliphatic heterocycles. The minimum Gasteiger partial charge on any atom is -0.494 e. The van der Waals surface area contributed by atoms with Crippen LogP contribution < -0.4 is 9.64 Å². The number of benzene rings is 1. The van der Waals surface area contributed by atoms with Crippen molar-refractivity contribution < 1.29 is 13.2 Å². The number of anilines is 1. The van der Waals surface area contributed by atoms with Gasteiger partial charge in [0.15, 0.2) is 0 Å². The lowest BCUT2D eigenvalue weighted by Crippen LogP contribution is -2.35. The van der Waals surface area contributed by atoms with Gasteiger partial charge in [0, 0.05) is 32.9 Å². The van der Waals surface area contributed by atoms with Crippen molar-refractivity contribution in [1.82, 2.24) is 9.29 Å². The summed E-state index contributed by atoms with van der Waals surface area (Å²) in [6, 6.07) is 11.4. The Morgan fingerprint density at radius 1 is 1.07 bits per heavy atom. The molecule has 1 aromatic carbocycles. The number of rotatable bonds is 7. The summed E-state index contributed by atoms with van der Waals surface area (Å²) >= 11 is 0. The molecule has 1 aliphatic rings. The maximum atomic E-state index is 12.7. The first kappa shape index (κ1) is 19.6. The van der Waals surface area contributed by atoms with Crippen LogP contribution in [0.3, 0.4) is 0 Å². The number of sulfonamides is 1. The van der Waals surface area contributed by atoms with Crippen LogP contribution in [0.4, 0.5) is 5.82 Å². The number of hydrogen-bond acceptors (Lipinski definition) is 5. The van der Waals surface area contributed by atoms with Gasteiger partial charge in [0.05, 0.1) is 6.61 Å². The Kier molecular flexibility index (Phi) is 6.34. The average Bonchev–Trinajstić information content (AvgIpc) is 2.70. The van der Waals surface area contributed by atoms with Crippen molar-refractivity contribution in [2.24, 2.45) is 0 Å². The minimum absolute atomic E-state index is 0.266. The van der Waals surface area contributed by atoms with Crippen molar-refractivity contribution in [3.8, 4) is 5.75 Å². The van der Waals surface area contributed by atoms with E-state index in [9.17, 15) is 8.42 Å². The number of nitrogens with zero attached hydrogens (tertiary/aromatic N) is 3. The normalized spacial score (nSPS) is 15.5. The molecule has 0 radical (unpaired) electrons. The van der Waals surface area contributed by atoms with Gasteiger partial charge in [-0.1, -0.05) is 18.6 Å². The molecule has 6 nitrogen and oxygen atoms in total. The lowest BCUT2D eigenvalue weighted by molar-refractivity contribution is 0.340. The van der Waals surface area contributed by atoms with Gasteiger partial charge in [0.2, 0.25) is 10.0 Å². The summed E-state index contributed by atoms with van der Waals surface area (Å²) in [7, 11) is -1.49. The Labute approximate surface area is 161 Å². The highest BCUT2D eigenvalue weighted by atomic mass is 32.2. The third-order valence-electron chi connectivity index (χ3n) is 4.72. The molecule has 0 amide bonds. The van der Waals surface area contributed by atoms with Crippen molar-refractivity contribution in [2.45, 2.75) is 37.6 Å². The largest absolute Gasteiger partial charge is 0.494 e. The zero-order chi connectivity index (χ0) is 19.3. The summed E-state index contributed by atoms with van der Waals surface area (Å²) < 4.78 is 32.4. The zero-order valence-corrected chi connectivity index (χ0v) is 16.8. The summed E-state index contributed by atoms with van der Waals surface area (Å²) in [5, 5.41) is 0. The maximum absolute atomic E-state index is 12.7. The van der Waals surface area contributed by atoms with Crippen molar-refractivity contribution in [3.63, 3.8) is 0 Å². The molecule has 1 saturated heterocycles. The Hall–Kier alpha value is -2.12. The summed E-state index contributed by atoms with van der Waals surface area (Å²) in [5.74, 6) is 1.59. The molecule has 0 bridgehead atoms. The summed E-state index contributed by atoms with van der Waals surface area (Å²) in [4.78, 5) is 6.64. The van der Waals surface area contributed by atoms with E-state index in [0.717, 1.165) is 36.4 Å². The molecule has 0 N–H and O–H groups in total. The monoisotopic (exact) mass is 389 g/mol. The van der Waals surface area contributed by atoms with Crippen LogP contribution in [0.25, 0.3) is 0 Å². The molecule has 27 heavy (non-hydrogen) atoms. The lowest BCUT2D eigenvalue weighted by Gasteiger charge is -2.26. The van der Waals surface area contributed by atoms with Crippen LogP contribution in [0.1, 0.15) is 31.7 Å². The van der Waals surface area contributed by atoms with Crippen molar-refractivity contribution in [1.29, 1.82) is 0 Å². The second-order valence-electron chi connectivity index (χ2n) is 6.75. The quantitative estimate of drug-likeness (QED) is 0.727. The minimum atomic E-state index is -3.44. The van der Waals surface area contributed by atoms with Gasteiger partial charge in [-0.05, 0) is 49.6 Å². The van der Waals surface area contributed by atoms with Crippen LogP contribution in [0.15, 0.2) is 47.5 Å². The summed E-state index contributed by atoms with van der Waals surface area (Å²) in [6.07, 6.45) is 4.42. The molecule has 2 heterocycles. The number of ether oxygens (including phenoxy) is 1. The molecule has 2 aromatic rings. The predicted molar refractivity (Wildman–Crippen MR) is 107 cm³/mol. The van der Waals surface area contributed by atoms with Crippen molar-refractivity contribution in [2.75, 3.05) is 31.6 Å². The molecular formula is C20H27N3O3S. The first-order valence-electron chi connectivity index (χ1n) is 9.40. The van der Waals surface area contributed by atoms with E-state index in [2.05, 4.69) is 4.98 Å². The second kappa shape index (κ2) is 8.71. The smallest absolute Gasteiger partial charge is 0.244 e. The van der Waals surface area contributed by atoms with E-state index in [1.807, 2.05) is 43.1 Å². The first-order chi connectivity index (χ1) is 13.0. The number of aromatic nitrogens is 1. The van der Waals surface area contributed by atoms with Crippen molar-refractivity contribution in [3.05, 3.63) is 48.2 Å². The van der Waals surface area contributed by atoms with Crippen LogP contribution in [0, 0.1) is 0 Å². The molecule has 0 aliphatic carbocycles. The van der Waals surface area contributed by atoms with E-state index in [-0.39, 0.29) is 4.90 Å². The Balaban J connectivity index is 1.67. The fourth-order valence-corrected chi connectivity index (χ4v) is 4.68. The third kappa shape index (κ3) is 4.78. The molecule has 1 aromatic heterocycles. The van der Waals surface area contributed by atoms with Gasteiger partial charge < -0.3 is 9.64 Å². The summed E-state index contributed by atoms with van der Waals surface area (Å²) in [5.41, 5.74) is 1.13. The SMILES string of the molecule is CCOc1ccc(CN(C)c2ccc(S(=O)(=O)N3CCCCC3)cn2)cc1. The Bertz CT molecular complexity index is 830. The van der Waals surface area contributed by atoms with E-state index in [1.54, 1.807) is 16.4 Å². The molecule has 0 unspecified atom stereocenters. The number of pyridine rings is 1. The van der Waals surface area contributed by atoms with Crippen LogP contribution >= 0.6 is 0 Å². The molecule has 3 rings (SSSR count). The summed E-state index contributed by atoms with van der Waals surface area (Å²) in [6.45, 7) is 4.49. The van der Waals surface area contributed by atoms with Gasteiger partial charge in [-0.2, -0.15) is 4.31 Å². The average molecular weight is 390 g/mol.